The van der Waals surface area contributed by atoms with Crippen LogP contribution < -0.4 is 5.32 Å². The van der Waals surface area contributed by atoms with Gasteiger partial charge >= 0.3 is 12.3 Å². The average Bonchev–Trinajstić information content (AvgIpc) is 2.43. The van der Waals surface area contributed by atoms with Crippen LogP contribution in [0.1, 0.15) is 31.9 Å². The van der Waals surface area contributed by atoms with Gasteiger partial charge in [0.15, 0.2) is 0 Å². The van der Waals surface area contributed by atoms with Gasteiger partial charge in [-0.15, -0.1) is 0 Å². The van der Waals surface area contributed by atoms with Crippen molar-refractivity contribution >= 4 is 11.8 Å². The van der Waals surface area contributed by atoms with Crippen LogP contribution in [-0.4, -0.2) is 55.7 Å². The molecule has 0 radical (unpaired) electrons. The number of rotatable bonds is 6. The van der Waals surface area contributed by atoms with Crippen LogP contribution in [0.25, 0.3) is 0 Å². The monoisotopic (exact) mass is 375 g/mol. The molecule has 0 atom stereocenters. The highest BCUT2D eigenvalue weighted by molar-refractivity contribution is 5.85. The second-order valence-electron chi connectivity index (χ2n) is 7.54. The van der Waals surface area contributed by atoms with E-state index in [1.165, 1.54) is 12.1 Å². The molecule has 0 bridgehead atoms. The number of nitrogens with one attached hydrogen (secondary N) is 1. The lowest BCUT2D eigenvalue weighted by Gasteiger charge is -2.23. The Hall–Kier alpha value is -1.80. The Bertz CT molecular complexity index is 611. The number of nitrogens with zero attached hydrogens (tertiary/aromatic N) is 2. The summed E-state index contributed by atoms with van der Waals surface area (Å²) >= 11 is 0. The highest BCUT2D eigenvalue weighted by atomic mass is 19.4. The number of alkyl halides is 3. The Balaban J connectivity index is 2.95. The van der Waals surface area contributed by atoms with Crippen LogP contribution in [-0.2, 0) is 17.5 Å². The van der Waals surface area contributed by atoms with Gasteiger partial charge in [0.1, 0.15) is 5.60 Å². The molecule has 148 valence electrons. The quantitative estimate of drug-likeness (QED) is 0.815. The molecule has 0 aromatic heterocycles. The number of halogens is 3. The summed E-state index contributed by atoms with van der Waals surface area (Å²) in [7, 11) is 5.59. The van der Waals surface area contributed by atoms with Gasteiger partial charge in [0, 0.05) is 25.3 Å². The fraction of sp³-hybridized carbons (Fsp3) is 0.611. The molecule has 0 unspecified atom stereocenters. The minimum absolute atomic E-state index is 0.0475. The fourth-order valence-corrected chi connectivity index (χ4v) is 2.22. The molecule has 0 spiro atoms. The van der Waals surface area contributed by atoms with Crippen molar-refractivity contribution < 1.29 is 22.7 Å². The first-order chi connectivity index (χ1) is 11.8. The summed E-state index contributed by atoms with van der Waals surface area (Å²) in [5.74, 6) is 0. The topological polar surface area (TPSA) is 44.8 Å². The van der Waals surface area contributed by atoms with Gasteiger partial charge in [0.05, 0.1) is 5.56 Å². The second-order valence-corrected chi connectivity index (χ2v) is 7.54. The summed E-state index contributed by atoms with van der Waals surface area (Å²) in [5.41, 5.74) is -1.28. The number of anilines is 1. The van der Waals surface area contributed by atoms with E-state index >= 15 is 0 Å². The predicted molar refractivity (Wildman–Crippen MR) is 96.2 cm³/mol. The second kappa shape index (κ2) is 8.73. The van der Waals surface area contributed by atoms with Crippen LogP contribution in [0.2, 0.25) is 0 Å². The predicted octanol–water partition coefficient (Wildman–Crippen LogP) is 4.05. The molecule has 26 heavy (non-hydrogen) atoms. The SMILES string of the molecule is CN(C)CCN(C)Cc1ccc(NC(=O)OC(C)(C)C)cc1C(F)(F)F. The first-order valence-electron chi connectivity index (χ1n) is 8.31. The number of carbonyl (C=O) groups excluding carboxylic acids is 1. The normalized spacial score (nSPS) is 12.6. The molecule has 1 amide bonds. The fourth-order valence-electron chi connectivity index (χ4n) is 2.22. The van der Waals surface area contributed by atoms with E-state index < -0.39 is 23.4 Å². The van der Waals surface area contributed by atoms with Gasteiger partial charge in [-0.25, -0.2) is 4.79 Å². The minimum atomic E-state index is -4.51. The van der Waals surface area contributed by atoms with Crippen molar-refractivity contribution in [1.29, 1.82) is 0 Å². The van der Waals surface area contributed by atoms with E-state index in [2.05, 4.69) is 5.32 Å². The highest BCUT2D eigenvalue weighted by Gasteiger charge is 2.34. The number of amides is 1. The number of carbonyl (C=O) groups is 1. The Labute approximate surface area is 153 Å². The van der Waals surface area contributed by atoms with Crippen molar-refractivity contribution in [1.82, 2.24) is 9.80 Å². The molecule has 0 aliphatic carbocycles. The zero-order chi connectivity index (χ0) is 20.1. The maximum absolute atomic E-state index is 13.4. The number of benzene rings is 1. The van der Waals surface area contributed by atoms with E-state index in [9.17, 15) is 18.0 Å². The third kappa shape index (κ3) is 8.05. The van der Waals surface area contributed by atoms with Crippen LogP contribution in [0.4, 0.5) is 23.7 Å². The Morgan fingerprint density at radius 1 is 1.12 bits per heavy atom. The standard InChI is InChI=1S/C18H28F3N3O2/c1-17(2,3)26-16(25)22-14-8-7-13(15(11-14)18(19,20)21)12-24(6)10-9-23(4)5/h7-8,11H,9-10,12H2,1-6H3,(H,22,25). The lowest BCUT2D eigenvalue weighted by Crippen LogP contribution is -2.29. The zero-order valence-corrected chi connectivity index (χ0v) is 16.2. The van der Waals surface area contributed by atoms with Crippen LogP contribution in [0, 0.1) is 0 Å². The van der Waals surface area contributed by atoms with Crippen molar-refractivity contribution in [3.05, 3.63) is 29.3 Å². The van der Waals surface area contributed by atoms with Gasteiger partial charge in [0.2, 0.25) is 0 Å². The Kier molecular flexibility index (Phi) is 7.46. The van der Waals surface area contributed by atoms with Crippen molar-refractivity contribution in [3.8, 4) is 0 Å². The highest BCUT2D eigenvalue weighted by Crippen LogP contribution is 2.34. The van der Waals surface area contributed by atoms with Crippen LogP contribution >= 0.6 is 0 Å². The number of hydrogen-bond acceptors (Lipinski definition) is 4. The Morgan fingerprint density at radius 3 is 2.23 bits per heavy atom. The molecule has 0 aliphatic heterocycles. The molecule has 5 nitrogen and oxygen atoms in total. The first kappa shape index (κ1) is 22.2. The molecule has 0 aliphatic rings. The number of ether oxygens (including phenoxy) is 1. The van der Waals surface area contributed by atoms with Crippen LogP contribution in [0.5, 0.6) is 0 Å². The third-order valence-corrected chi connectivity index (χ3v) is 3.43. The number of hydrogen-bond donors (Lipinski definition) is 1. The first-order valence-corrected chi connectivity index (χ1v) is 8.31. The van der Waals surface area contributed by atoms with Gasteiger partial charge in [-0.1, -0.05) is 6.07 Å². The molecule has 0 heterocycles. The van der Waals surface area contributed by atoms with Gasteiger partial charge in [-0.05, 0) is 59.6 Å². The van der Waals surface area contributed by atoms with E-state index in [1.54, 1.807) is 27.8 Å². The molecule has 0 fully saturated rings. The lowest BCUT2D eigenvalue weighted by molar-refractivity contribution is -0.138. The smallest absolute Gasteiger partial charge is 0.416 e. The average molecular weight is 375 g/mol. The molecule has 1 rings (SSSR count). The molecule has 1 aromatic rings. The summed E-state index contributed by atoms with van der Waals surface area (Å²) in [6.45, 7) is 6.59. The molecule has 0 saturated carbocycles. The van der Waals surface area contributed by atoms with E-state index in [4.69, 9.17) is 4.74 Å². The van der Waals surface area contributed by atoms with E-state index in [-0.39, 0.29) is 17.8 Å². The van der Waals surface area contributed by atoms with Crippen LogP contribution in [0.15, 0.2) is 18.2 Å². The van der Waals surface area contributed by atoms with Crippen molar-refractivity contribution in [2.75, 3.05) is 39.5 Å². The van der Waals surface area contributed by atoms with Crippen molar-refractivity contribution in [2.45, 2.75) is 39.1 Å². The maximum atomic E-state index is 13.4. The van der Waals surface area contributed by atoms with E-state index in [1.807, 2.05) is 23.9 Å². The van der Waals surface area contributed by atoms with E-state index in [0.717, 1.165) is 12.6 Å². The number of likely N-dealkylation sites (N-methyl/N-ethyl adjacent to an activating group) is 2. The zero-order valence-electron chi connectivity index (χ0n) is 16.2. The summed E-state index contributed by atoms with van der Waals surface area (Å²) in [6, 6.07) is 3.79. The minimum Gasteiger partial charge on any atom is -0.444 e. The van der Waals surface area contributed by atoms with Gasteiger partial charge < -0.3 is 14.5 Å². The summed E-state index contributed by atoms with van der Waals surface area (Å²) < 4.78 is 45.4. The largest absolute Gasteiger partial charge is 0.444 e. The molecule has 1 N–H and O–H groups in total. The molecular formula is C18H28F3N3O2. The summed E-state index contributed by atoms with van der Waals surface area (Å²) in [5, 5.41) is 2.35. The molecule has 8 heteroatoms. The molecule has 1 aromatic carbocycles. The summed E-state index contributed by atoms with van der Waals surface area (Å²) in [4.78, 5) is 15.6. The molecule has 0 saturated heterocycles. The van der Waals surface area contributed by atoms with Gasteiger partial charge in [-0.3, -0.25) is 5.32 Å². The Morgan fingerprint density at radius 2 is 1.73 bits per heavy atom. The van der Waals surface area contributed by atoms with Crippen molar-refractivity contribution in [3.63, 3.8) is 0 Å². The van der Waals surface area contributed by atoms with Gasteiger partial charge in [-0.2, -0.15) is 13.2 Å². The third-order valence-electron chi connectivity index (χ3n) is 3.43. The van der Waals surface area contributed by atoms with Crippen LogP contribution in [0.3, 0.4) is 0 Å². The van der Waals surface area contributed by atoms with Gasteiger partial charge in [0.25, 0.3) is 0 Å². The maximum Gasteiger partial charge on any atom is 0.416 e. The summed E-state index contributed by atoms with van der Waals surface area (Å²) in [6.07, 6.45) is -5.30. The molecular weight excluding hydrogens is 347 g/mol. The van der Waals surface area contributed by atoms with E-state index in [0.29, 0.717) is 6.54 Å². The van der Waals surface area contributed by atoms with Crippen molar-refractivity contribution in [2.24, 2.45) is 0 Å². The lowest BCUT2D eigenvalue weighted by atomic mass is 10.1.